The number of likely N-dealkylation sites (tertiary alicyclic amines) is 1. The molecular formula is C14H20N2O2. The van der Waals surface area contributed by atoms with E-state index in [2.05, 4.69) is 24.0 Å². The summed E-state index contributed by atoms with van der Waals surface area (Å²) in [6.07, 6.45) is 1.25. The van der Waals surface area contributed by atoms with Crippen LogP contribution in [-0.2, 0) is 13.0 Å². The first-order chi connectivity index (χ1) is 8.65. The van der Waals surface area contributed by atoms with Crippen molar-refractivity contribution in [2.24, 2.45) is 5.73 Å². The van der Waals surface area contributed by atoms with E-state index in [0.717, 1.165) is 37.6 Å². The lowest BCUT2D eigenvalue weighted by Gasteiger charge is -2.37. The fourth-order valence-electron chi connectivity index (χ4n) is 2.77. The lowest BCUT2D eigenvalue weighted by molar-refractivity contribution is 0.141. The molecule has 4 nitrogen and oxygen atoms in total. The number of hydrogen-bond donors (Lipinski definition) is 1. The van der Waals surface area contributed by atoms with Gasteiger partial charge in [0.1, 0.15) is 17.6 Å². The Morgan fingerprint density at radius 1 is 1.44 bits per heavy atom. The standard InChI is InChI=1S/C14H20N2O2/c1-9-3-10-4-13(17-2)11(5-14(10)18-9)6-16-7-12(15)8-16/h4-5,9,12H,3,6-8,15H2,1-2H3. The largest absolute Gasteiger partial charge is 0.496 e. The maximum absolute atomic E-state index is 5.80. The normalized spacial score (nSPS) is 23.4. The van der Waals surface area contributed by atoms with Crippen LogP contribution < -0.4 is 15.2 Å². The molecular weight excluding hydrogens is 228 g/mol. The van der Waals surface area contributed by atoms with E-state index >= 15 is 0 Å². The van der Waals surface area contributed by atoms with Crippen LogP contribution in [0.25, 0.3) is 0 Å². The first-order valence-electron chi connectivity index (χ1n) is 6.50. The predicted octanol–water partition coefficient (Wildman–Crippen LogP) is 1.16. The second-order valence-corrected chi connectivity index (χ2v) is 5.36. The fourth-order valence-corrected chi connectivity index (χ4v) is 2.77. The summed E-state index contributed by atoms with van der Waals surface area (Å²) in [7, 11) is 1.73. The molecule has 1 aromatic carbocycles. The van der Waals surface area contributed by atoms with E-state index in [-0.39, 0.29) is 6.10 Å². The van der Waals surface area contributed by atoms with Crippen LogP contribution in [0.3, 0.4) is 0 Å². The molecule has 0 saturated carbocycles. The molecule has 1 unspecified atom stereocenters. The lowest BCUT2D eigenvalue weighted by Crippen LogP contribution is -2.54. The molecule has 0 bridgehead atoms. The van der Waals surface area contributed by atoms with E-state index in [4.69, 9.17) is 15.2 Å². The van der Waals surface area contributed by atoms with Crippen molar-refractivity contribution in [2.75, 3.05) is 20.2 Å². The number of ether oxygens (including phenoxy) is 2. The highest BCUT2D eigenvalue weighted by atomic mass is 16.5. The molecule has 0 aromatic heterocycles. The molecule has 2 heterocycles. The third kappa shape index (κ3) is 2.06. The quantitative estimate of drug-likeness (QED) is 0.872. The maximum atomic E-state index is 5.80. The molecule has 18 heavy (non-hydrogen) atoms. The van der Waals surface area contributed by atoms with E-state index in [1.165, 1.54) is 11.1 Å². The third-order valence-electron chi connectivity index (χ3n) is 3.68. The van der Waals surface area contributed by atoms with Crippen molar-refractivity contribution in [3.63, 3.8) is 0 Å². The lowest BCUT2D eigenvalue weighted by atomic mass is 10.0. The molecule has 1 fully saturated rings. The smallest absolute Gasteiger partial charge is 0.123 e. The molecule has 4 heteroatoms. The molecule has 1 aromatic rings. The topological polar surface area (TPSA) is 47.7 Å². The van der Waals surface area contributed by atoms with Crippen molar-refractivity contribution in [3.05, 3.63) is 23.3 Å². The molecule has 2 aliphatic rings. The highest BCUT2D eigenvalue weighted by Crippen LogP contribution is 2.35. The zero-order valence-corrected chi connectivity index (χ0v) is 11.0. The van der Waals surface area contributed by atoms with Gasteiger partial charge in [-0.3, -0.25) is 4.90 Å². The van der Waals surface area contributed by atoms with Gasteiger partial charge >= 0.3 is 0 Å². The molecule has 0 aliphatic carbocycles. The number of rotatable bonds is 3. The number of methoxy groups -OCH3 is 1. The summed E-state index contributed by atoms with van der Waals surface area (Å²) < 4.78 is 11.3. The summed E-state index contributed by atoms with van der Waals surface area (Å²) in [6.45, 7) is 4.93. The summed E-state index contributed by atoms with van der Waals surface area (Å²) in [5, 5.41) is 0. The Hall–Kier alpha value is -1.26. The SMILES string of the molecule is COc1cc2c(cc1CN1CC(N)C1)OC(C)C2. The summed E-state index contributed by atoms with van der Waals surface area (Å²) in [6, 6.07) is 4.58. The third-order valence-corrected chi connectivity index (χ3v) is 3.68. The monoisotopic (exact) mass is 248 g/mol. The van der Waals surface area contributed by atoms with Crippen LogP contribution in [0, 0.1) is 0 Å². The van der Waals surface area contributed by atoms with E-state index < -0.39 is 0 Å². The van der Waals surface area contributed by atoms with E-state index in [1.807, 2.05) is 0 Å². The maximum Gasteiger partial charge on any atom is 0.123 e. The highest BCUT2D eigenvalue weighted by Gasteiger charge is 2.26. The van der Waals surface area contributed by atoms with Crippen LogP contribution in [0.5, 0.6) is 11.5 Å². The minimum Gasteiger partial charge on any atom is -0.496 e. The fraction of sp³-hybridized carbons (Fsp3) is 0.571. The van der Waals surface area contributed by atoms with Crippen molar-refractivity contribution in [2.45, 2.75) is 32.0 Å². The van der Waals surface area contributed by atoms with E-state index in [1.54, 1.807) is 7.11 Å². The van der Waals surface area contributed by atoms with Gasteiger partial charge in [0.2, 0.25) is 0 Å². The first-order valence-corrected chi connectivity index (χ1v) is 6.50. The molecule has 2 N–H and O–H groups in total. The molecule has 0 spiro atoms. The highest BCUT2D eigenvalue weighted by molar-refractivity contribution is 5.48. The van der Waals surface area contributed by atoms with Crippen molar-refractivity contribution in [3.8, 4) is 11.5 Å². The zero-order valence-electron chi connectivity index (χ0n) is 11.0. The number of nitrogens with two attached hydrogens (primary N) is 1. The number of hydrogen-bond acceptors (Lipinski definition) is 4. The van der Waals surface area contributed by atoms with Crippen molar-refractivity contribution in [1.29, 1.82) is 0 Å². The minimum atomic E-state index is 0.275. The minimum absolute atomic E-state index is 0.275. The summed E-state index contributed by atoms with van der Waals surface area (Å²) in [5.74, 6) is 1.98. The summed E-state index contributed by atoms with van der Waals surface area (Å²) in [5.41, 5.74) is 8.25. The Kier molecular flexibility index (Phi) is 2.92. The molecule has 1 saturated heterocycles. The second-order valence-electron chi connectivity index (χ2n) is 5.36. The molecule has 1 atom stereocenters. The Morgan fingerprint density at radius 3 is 2.89 bits per heavy atom. The van der Waals surface area contributed by atoms with Crippen molar-refractivity contribution in [1.82, 2.24) is 4.90 Å². The van der Waals surface area contributed by atoms with Gasteiger partial charge in [-0.2, -0.15) is 0 Å². The van der Waals surface area contributed by atoms with Gasteiger partial charge < -0.3 is 15.2 Å². The number of benzene rings is 1. The van der Waals surface area contributed by atoms with Gasteiger partial charge in [0.15, 0.2) is 0 Å². The number of fused-ring (bicyclic) bond motifs is 1. The van der Waals surface area contributed by atoms with E-state index in [9.17, 15) is 0 Å². The van der Waals surface area contributed by atoms with E-state index in [0.29, 0.717) is 6.04 Å². The second kappa shape index (κ2) is 4.44. The average Bonchev–Trinajstić information content (AvgIpc) is 2.65. The van der Waals surface area contributed by atoms with Crippen LogP contribution in [0.15, 0.2) is 12.1 Å². The van der Waals surface area contributed by atoms with Crippen LogP contribution in [0.1, 0.15) is 18.1 Å². The molecule has 0 radical (unpaired) electrons. The molecule has 0 amide bonds. The summed E-state index contributed by atoms with van der Waals surface area (Å²) in [4.78, 5) is 2.33. The first kappa shape index (κ1) is 11.8. The van der Waals surface area contributed by atoms with Gasteiger partial charge in [-0.15, -0.1) is 0 Å². The van der Waals surface area contributed by atoms with Gasteiger partial charge in [-0.05, 0) is 19.1 Å². The van der Waals surface area contributed by atoms with Gasteiger partial charge in [0.25, 0.3) is 0 Å². The number of nitrogens with zero attached hydrogens (tertiary/aromatic N) is 1. The van der Waals surface area contributed by atoms with Crippen LogP contribution >= 0.6 is 0 Å². The zero-order chi connectivity index (χ0) is 12.7. The molecule has 2 aliphatic heterocycles. The van der Waals surface area contributed by atoms with Gasteiger partial charge in [-0.1, -0.05) is 0 Å². The molecule has 98 valence electrons. The van der Waals surface area contributed by atoms with Crippen LogP contribution in [-0.4, -0.2) is 37.2 Å². The average molecular weight is 248 g/mol. The van der Waals surface area contributed by atoms with Crippen molar-refractivity contribution >= 4 is 0 Å². The Bertz CT molecular complexity index is 455. The van der Waals surface area contributed by atoms with Crippen LogP contribution in [0.4, 0.5) is 0 Å². The van der Waals surface area contributed by atoms with Gasteiger partial charge in [0, 0.05) is 43.2 Å². The van der Waals surface area contributed by atoms with Crippen molar-refractivity contribution < 1.29 is 9.47 Å². The predicted molar refractivity (Wildman–Crippen MR) is 70.0 cm³/mol. The molecule has 3 rings (SSSR count). The van der Waals surface area contributed by atoms with Gasteiger partial charge in [0.05, 0.1) is 7.11 Å². The Morgan fingerprint density at radius 2 is 2.22 bits per heavy atom. The Balaban J connectivity index is 1.82. The summed E-state index contributed by atoms with van der Waals surface area (Å²) >= 11 is 0. The van der Waals surface area contributed by atoms with Gasteiger partial charge in [-0.25, -0.2) is 0 Å². The van der Waals surface area contributed by atoms with Crippen LogP contribution in [0.2, 0.25) is 0 Å². The Labute approximate surface area is 108 Å².